The minimum absolute atomic E-state index is 0.0189. The van der Waals surface area contributed by atoms with Crippen LogP contribution in [-0.2, 0) is 0 Å². The van der Waals surface area contributed by atoms with Crippen LogP contribution in [0, 0.1) is 11.6 Å². The molecule has 9 heteroatoms. The predicted octanol–water partition coefficient (Wildman–Crippen LogP) is 5.05. The number of para-hydroxylation sites is 1. The Morgan fingerprint density at radius 2 is 2.10 bits per heavy atom. The van der Waals surface area contributed by atoms with Gasteiger partial charge in [-0.1, -0.05) is 12.1 Å². The number of hydrogen-bond donors (Lipinski definition) is 0. The molecule has 0 N–H and O–H groups in total. The summed E-state index contributed by atoms with van der Waals surface area (Å²) in [6, 6.07) is 5.13. The number of nitrogens with zero attached hydrogens (tertiary/aromatic N) is 4. The number of rotatable bonds is 9. The molecule has 0 saturated carbocycles. The Morgan fingerprint density at radius 3 is 2.74 bits per heavy atom. The van der Waals surface area contributed by atoms with Gasteiger partial charge < -0.3 is 9.64 Å². The predicted molar refractivity (Wildman–Crippen MR) is 122 cm³/mol. The van der Waals surface area contributed by atoms with Gasteiger partial charge in [-0.2, -0.15) is 5.10 Å². The minimum atomic E-state index is -0.607. The molecule has 0 fully saturated rings. The van der Waals surface area contributed by atoms with Gasteiger partial charge in [0.1, 0.15) is 18.1 Å². The summed E-state index contributed by atoms with van der Waals surface area (Å²) in [6.45, 7) is 5.78. The van der Waals surface area contributed by atoms with E-state index in [0.717, 1.165) is 0 Å². The van der Waals surface area contributed by atoms with Crippen LogP contribution in [0.15, 0.2) is 52.2 Å². The third kappa shape index (κ3) is 6.33. The molecular weight excluding hydrogens is 470 g/mol. The summed E-state index contributed by atoms with van der Waals surface area (Å²) in [6.07, 6.45) is 6.42. The van der Waals surface area contributed by atoms with Crippen molar-refractivity contribution in [2.24, 2.45) is 5.10 Å². The van der Waals surface area contributed by atoms with E-state index in [1.165, 1.54) is 40.5 Å². The summed E-state index contributed by atoms with van der Waals surface area (Å²) in [4.78, 5) is 18.7. The van der Waals surface area contributed by atoms with Crippen molar-refractivity contribution in [1.29, 1.82) is 0 Å². The van der Waals surface area contributed by atoms with E-state index >= 15 is 0 Å². The number of amides is 1. The van der Waals surface area contributed by atoms with E-state index in [-0.39, 0.29) is 29.6 Å². The van der Waals surface area contributed by atoms with Gasteiger partial charge in [-0.05, 0) is 61.0 Å². The van der Waals surface area contributed by atoms with Crippen molar-refractivity contribution in [1.82, 2.24) is 9.88 Å². The van der Waals surface area contributed by atoms with Gasteiger partial charge in [0, 0.05) is 30.5 Å². The first kappa shape index (κ1) is 24.5. The van der Waals surface area contributed by atoms with Gasteiger partial charge in [0.15, 0.2) is 5.82 Å². The Labute approximate surface area is 189 Å². The van der Waals surface area contributed by atoms with Crippen LogP contribution in [-0.4, -0.2) is 48.2 Å². The molecule has 0 aliphatic heterocycles. The Morgan fingerprint density at radius 1 is 1.35 bits per heavy atom. The number of ether oxygens (including phenoxy) is 1. The van der Waals surface area contributed by atoms with Crippen LogP contribution in [0.1, 0.15) is 31.1 Å². The number of hydrogen-bond acceptors (Lipinski definition) is 5. The lowest BCUT2D eigenvalue weighted by atomic mass is 10.1. The van der Waals surface area contributed by atoms with Gasteiger partial charge >= 0.3 is 0 Å². The molecule has 2 aromatic rings. The number of aromatic nitrogens is 1. The van der Waals surface area contributed by atoms with Crippen molar-refractivity contribution in [3.8, 4) is 5.88 Å². The van der Waals surface area contributed by atoms with Gasteiger partial charge in [-0.15, -0.1) is 0 Å². The average molecular weight is 495 g/mol. The van der Waals surface area contributed by atoms with E-state index in [1.807, 2.05) is 6.92 Å². The van der Waals surface area contributed by atoms with Crippen molar-refractivity contribution in [2.45, 2.75) is 26.8 Å². The smallest absolute Gasteiger partial charge is 0.256 e. The second-order valence-electron chi connectivity index (χ2n) is 6.64. The molecule has 2 rings (SSSR count). The summed E-state index contributed by atoms with van der Waals surface area (Å²) in [5.74, 6) is -1.70. The lowest BCUT2D eigenvalue weighted by molar-refractivity contribution is 0.0644. The Kier molecular flexibility index (Phi) is 9.11. The fourth-order valence-corrected chi connectivity index (χ4v) is 3.21. The quantitative estimate of drug-likeness (QED) is 0.361. The van der Waals surface area contributed by atoms with E-state index in [9.17, 15) is 13.6 Å². The van der Waals surface area contributed by atoms with Gasteiger partial charge in [-0.3, -0.25) is 9.80 Å². The number of carbonyl (C=O) groups excluding carboxylic acids is 1. The molecule has 1 atom stereocenters. The van der Waals surface area contributed by atoms with Gasteiger partial charge in [0.2, 0.25) is 0 Å². The zero-order chi connectivity index (χ0) is 23.0. The SMILES string of the molecule is C/C=C\C=N/N(C)c1c(F)cccc1C(=O)N(CC)C(C)COc1ncc(Br)cc1F. The second-order valence-corrected chi connectivity index (χ2v) is 7.56. The number of benzene rings is 1. The molecule has 1 unspecified atom stereocenters. The topological polar surface area (TPSA) is 58.0 Å². The number of carbonyl (C=O) groups is 1. The molecule has 0 radical (unpaired) electrons. The molecule has 1 aromatic heterocycles. The van der Waals surface area contributed by atoms with Crippen molar-refractivity contribution in [2.75, 3.05) is 25.2 Å². The first-order chi connectivity index (χ1) is 14.8. The zero-order valence-corrected chi connectivity index (χ0v) is 19.4. The largest absolute Gasteiger partial charge is 0.473 e. The number of allylic oxidation sites excluding steroid dienone is 2. The number of anilines is 1. The molecule has 6 nitrogen and oxygen atoms in total. The summed E-state index contributed by atoms with van der Waals surface area (Å²) < 4.78 is 34.5. The van der Waals surface area contributed by atoms with Crippen LogP contribution >= 0.6 is 15.9 Å². The highest BCUT2D eigenvalue weighted by atomic mass is 79.9. The van der Waals surface area contributed by atoms with E-state index in [0.29, 0.717) is 11.0 Å². The highest BCUT2D eigenvalue weighted by molar-refractivity contribution is 9.10. The maximum Gasteiger partial charge on any atom is 0.256 e. The Hall–Kier alpha value is -2.81. The highest BCUT2D eigenvalue weighted by Crippen LogP contribution is 2.26. The van der Waals surface area contributed by atoms with Gasteiger partial charge in [0.05, 0.1) is 11.6 Å². The fourth-order valence-electron chi connectivity index (χ4n) is 2.91. The maximum atomic E-state index is 14.6. The van der Waals surface area contributed by atoms with E-state index < -0.39 is 17.7 Å². The van der Waals surface area contributed by atoms with Crippen molar-refractivity contribution < 1.29 is 18.3 Å². The summed E-state index contributed by atoms with van der Waals surface area (Å²) >= 11 is 3.14. The van der Waals surface area contributed by atoms with Crippen molar-refractivity contribution >= 4 is 33.7 Å². The van der Waals surface area contributed by atoms with Crippen molar-refractivity contribution in [3.05, 3.63) is 64.3 Å². The molecule has 0 aliphatic carbocycles. The molecular formula is C22H25BrF2N4O2. The van der Waals surface area contributed by atoms with Crippen LogP contribution in [0.5, 0.6) is 5.88 Å². The number of hydrazone groups is 1. The van der Waals surface area contributed by atoms with Crippen LogP contribution in [0.4, 0.5) is 14.5 Å². The van der Waals surface area contributed by atoms with Crippen molar-refractivity contribution in [3.63, 3.8) is 0 Å². The average Bonchev–Trinajstić information content (AvgIpc) is 2.73. The lowest BCUT2D eigenvalue weighted by Gasteiger charge is -2.29. The summed E-state index contributed by atoms with van der Waals surface area (Å²) in [7, 11) is 1.57. The first-order valence-electron chi connectivity index (χ1n) is 9.72. The zero-order valence-electron chi connectivity index (χ0n) is 17.8. The maximum absolute atomic E-state index is 14.6. The van der Waals surface area contributed by atoms with Crippen LogP contribution in [0.2, 0.25) is 0 Å². The molecule has 0 aliphatic rings. The standard InChI is InChI=1S/C22H25BrF2N4O2/c1-5-7-11-27-28(4)20-17(9-8-10-18(20)24)22(30)29(6-2)15(3)14-31-21-19(25)12-16(23)13-26-21/h5,7-13,15H,6,14H2,1-4H3/b7-5-,27-11-. The Balaban J connectivity index is 2.23. The lowest BCUT2D eigenvalue weighted by Crippen LogP contribution is -2.42. The molecule has 31 heavy (non-hydrogen) atoms. The van der Waals surface area contributed by atoms with Crippen LogP contribution in [0.3, 0.4) is 0 Å². The number of halogens is 3. The van der Waals surface area contributed by atoms with Gasteiger partial charge in [-0.25, -0.2) is 13.8 Å². The van der Waals surface area contributed by atoms with E-state index in [4.69, 9.17) is 4.74 Å². The van der Waals surface area contributed by atoms with E-state index in [1.54, 1.807) is 39.1 Å². The molecule has 0 bridgehead atoms. The minimum Gasteiger partial charge on any atom is -0.473 e. The van der Waals surface area contributed by atoms with Crippen LogP contribution < -0.4 is 9.75 Å². The normalized spacial score (nSPS) is 12.4. The van der Waals surface area contributed by atoms with E-state index in [2.05, 4.69) is 26.0 Å². The molecule has 0 saturated heterocycles. The third-order valence-corrected chi connectivity index (χ3v) is 4.86. The molecule has 1 heterocycles. The van der Waals surface area contributed by atoms with Crippen LogP contribution in [0.25, 0.3) is 0 Å². The Bertz CT molecular complexity index is 969. The molecule has 0 spiro atoms. The molecule has 166 valence electrons. The summed E-state index contributed by atoms with van der Waals surface area (Å²) in [5.41, 5.74) is 0.238. The third-order valence-electron chi connectivity index (χ3n) is 4.43. The second kappa shape index (κ2) is 11.5. The monoisotopic (exact) mass is 494 g/mol. The molecule has 1 aromatic carbocycles. The highest BCUT2D eigenvalue weighted by Gasteiger charge is 2.26. The number of pyridine rings is 1. The molecule has 1 amide bonds. The fraction of sp³-hybridized carbons (Fsp3) is 0.318. The summed E-state index contributed by atoms with van der Waals surface area (Å²) in [5, 5.41) is 5.46. The number of likely N-dealkylation sites (N-methyl/N-ethyl adjacent to an activating group) is 1. The first-order valence-corrected chi connectivity index (χ1v) is 10.5. The van der Waals surface area contributed by atoms with Gasteiger partial charge in [0.25, 0.3) is 11.8 Å².